The van der Waals surface area contributed by atoms with E-state index in [2.05, 4.69) is 20.3 Å². The average molecular weight is 461 g/mol. The van der Waals surface area contributed by atoms with Crippen LogP contribution in [-0.2, 0) is 7.05 Å². The second-order valence-corrected chi connectivity index (χ2v) is 8.06. The molecule has 0 radical (unpaired) electrons. The number of imidazole rings is 1. The van der Waals surface area contributed by atoms with Crippen molar-refractivity contribution in [3.8, 4) is 17.3 Å². The van der Waals surface area contributed by atoms with Gasteiger partial charge in [0.05, 0.1) is 34.9 Å². The Morgan fingerprint density at radius 1 is 1.24 bits per heavy atom. The number of hydrogen-bond donors (Lipinski definition) is 2. The van der Waals surface area contributed by atoms with Crippen LogP contribution in [0.25, 0.3) is 22.6 Å². The largest absolute Gasteiger partial charge is 0.494 e. The van der Waals surface area contributed by atoms with Crippen molar-refractivity contribution in [2.24, 2.45) is 7.05 Å². The Balaban J connectivity index is 1.51. The van der Waals surface area contributed by atoms with Crippen LogP contribution in [0.15, 0.2) is 48.7 Å². The van der Waals surface area contributed by atoms with E-state index in [0.29, 0.717) is 48.2 Å². The van der Waals surface area contributed by atoms with Gasteiger partial charge in [-0.25, -0.2) is 15.0 Å². The number of hydrogen-bond acceptors (Lipinski definition) is 9. The zero-order chi connectivity index (χ0) is 23.8. The zero-order valence-corrected chi connectivity index (χ0v) is 18.7. The maximum absolute atomic E-state index is 11.8. The number of aliphatic hydroxyl groups is 1. The fourth-order valence-corrected chi connectivity index (χ4v) is 4.22. The summed E-state index contributed by atoms with van der Waals surface area (Å²) in [4.78, 5) is 26.7. The molecule has 0 aliphatic carbocycles. The molecule has 0 saturated carbocycles. The maximum atomic E-state index is 11.8. The van der Waals surface area contributed by atoms with Crippen molar-refractivity contribution in [1.82, 2.24) is 19.5 Å². The van der Waals surface area contributed by atoms with Gasteiger partial charge in [0.2, 0.25) is 5.95 Å². The van der Waals surface area contributed by atoms with Crippen molar-refractivity contribution >= 4 is 34.0 Å². The van der Waals surface area contributed by atoms with Crippen LogP contribution in [0.5, 0.6) is 5.75 Å². The molecule has 174 valence electrons. The number of nitrogens with one attached hydrogen (secondary N) is 1. The van der Waals surface area contributed by atoms with Crippen LogP contribution in [0, 0.1) is 10.1 Å². The highest BCUT2D eigenvalue weighted by Crippen LogP contribution is 2.40. The number of aliphatic hydroxyl groups excluding tert-OH is 1. The fraction of sp³-hybridized carbons (Fsp3) is 0.261. The standard InChI is InChI=1S/C23H23N7O4/c1-28-18-6-4-3-5-15(18)25-22(28)16-7-9-24-23(26-16)27-17-11-20(30(32)33)19(12-21(17)34-2)29-10-8-14(31)13-29/h3-7,9,11-12,14,31H,8,10,13H2,1-2H3,(H,24,26,27)/t14-/m1/s1. The van der Waals surface area contributed by atoms with Gasteiger partial charge in [0.1, 0.15) is 17.1 Å². The van der Waals surface area contributed by atoms with Gasteiger partial charge < -0.3 is 24.6 Å². The van der Waals surface area contributed by atoms with E-state index in [0.717, 1.165) is 11.0 Å². The SMILES string of the molecule is COc1cc(N2CC[C@@H](O)C2)c([N+](=O)[O-])cc1Nc1nccc(-c2nc3ccccc3n2C)n1. The molecule has 11 nitrogen and oxygen atoms in total. The summed E-state index contributed by atoms with van der Waals surface area (Å²) in [6.07, 6.45) is 1.65. The van der Waals surface area contributed by atoms with Crippen LogP contribution in [0.3, 0.4) is 0 Å². The van der Waals surface area contributed by atoms with Gasteiger partial charge in [-0.1, -0.05) is 12.1 Å². The Morgan fingerprint density at radius 2 is 2.06 bits per heavy atom. The maximum Gasteiger partial charge on any atom is 0.294 e. The summed E-state index contributed by atoms with van der Waals surface area (Å²) in [5, 5.41) is 24.8. The minimum atomic E-state index is -0.512. The lowest BCUT2D eigenvalue weighted by molar-refractivity contribution is -0.384. The molecule has 2 N–H and O–H groups in total. The number of β-amino-alcohol motifs (C(OH)–C–C–N with tert-alkyl or cyclic N) is 1. The van der Waals surface area contributed by atoms with Crippen LogP contribution in [-0.4, -0.2) is 55.9 Å². The summed E-state index contributed by atoms with van der Waals surface area (Å²) in [5.74, 6) is 1.33. The second kappa shape index (κ2) is 8.60. The number of nitro benzene ring substituents is 1. The molecule has 1 atom stereocenters. The first kappa shape index (κ1) is 21.6. The lowest BCUT2D eigenvalue weighted by Gasteiger charge is -2.20. The Bertz CT molecular complexity index is 1390. The Morgan fingerprint density at radius 3 is 2.76 bits per heavy atom. The molecule has 1 aliphatic rings. The highest BCUT2D eigenvalue weighted by molar-refractivity contribution is 5.80. The molecule has 3 heterocycles. The van der Waals surface area contributed by atoms with Gasteiger partial charge in [-0.2, -0.15) is 0 Å². The molecule has 1 aliphatic heterocycles. The van der Waals surface area contributed by atoms with Gasteiger partial charge in [-0.15, -0.1) is 0 Å². The van der Waals surface area contributed by atoms with Crippen LogP contribution < -0.4 is 15.0 Å². The highest BCUT2D eigenvalue weighted by Gasteiger charge is 2.28. The van der Waals surface area contributed by atoms with Crippen molar-refractivity contribution < 1.29 is 14.8 Å². The molecule has 11 heteroatoms. The minimum Gasteiger partial charge on any atom is -0.494 e. The molecule has 2 aromatic heterocycles. The van der Waals surface area contributed by atoms with E-state index in [1.165, 1.54) is 13.2 Å². The first-order valence-corrected chi connectivity index (χ1v) is 10.8. The van der Waals surface area contributed by atoms with E-state index < -0.39 is 11.0 Å². The third kappa shape index (κ3) is 3.86. The third-order valence-electron chi connectivity index (χ3n) is 5.92. The normalized spacial score (nSPS) is 15.6. The predicted octanol–water partition coefficient (Wildman–Crippen LogP) is 3.26. The van der Waals surface area contributed by atoms with Crippen LogP contribution >= 0.6 is 0 Å². The molecule has 1 fully saturated rings. The fourth-order valence-electron chi connectivity index (χ4n) is 4.22. The Hall–Kier alpha value is -4.25. The average Bonchev–Trinajstić information content (AvgIpc) is 3.42. The van der Waals surface area contributed by atoms with Gasteiger partial charge in [0.25, 0.3) is 5.69 Å². The van der Waals surface area contributed by atoms with Gasteiger partial charge in [-0.05, 0) is 24.6 Å². The van der Waals surface area contributed by atoms with Gasteiger partial charge in [-0.3, -0.25) is 10.1 Å². The number of para-hydroxylation sites is 2. The molecular weight excluding hydrogens is 438 g/mol. The third-order valence-corrected chi connectivity index (χ3v) is 5.92. The number of anilines is 3. The van der Waals surface area contributed by atoms with Crippen LogP contribution in [0.2, 0.25) is 0 Å². The zero-order valence-electron chi connectivity index (χ0n) is 18.7. The molecule has 4 aromatic rings. The summed E-state index contributed by atoms with van der Waals surface area (Å²) in [6, 6.07) is 12.6. The summed E-state index contributed by atoms with van der Waals surface area (Å²) >= 11 is 0. The summed E-state index contributed by atoms with van der Waals surface area (Å²) in [7, 11) is 3.41. The number of ether oxygens (including phenoxy) is 1. The quantitative estimate of drug-likeness (QED) is 0.328. The molecule has 0 amide bonds. The highest BCUT2D eigenvalue weighted by atomic mass is 16.6. The molecule has 5 rings (SSSR count). The summed E-state index contributed by atoms with van der Waals surface area (Å²) in [6.45, 7) is 0.862. The number of rotatable bonds is 6. The second-order valence-electron chi connectivity index (χ2n) is 8.06. The van der Waals surface area contributed by atoms with Gasteiger partial charge in [0, 0.05) is 38.5 Å². The molecule has 34 heavy (non-hydrogen) atoms. The van der Waals surface area contributed by atoms with E-state index in [1.807, 2.05) is 35.9 Å². The van der Waals surface area contributed by atoms with Crippen molar-refractivity contribution in [3.05, 3.63) is 58.8 Å². The topological polar surface area (TPSA) is 131 Å². The number of benzene rings is 2. The lowest BCUT2D eigenvalue weighted by atomic mass is 10.2. The molecule has 0 bridgehead atoms. The molecular formula is C23H23N7O4. The number of nitrogens with zero attached hydrogens (tertiary/aromatic N) is 6. The molecule has 2 aromatic carbocycles. The molecule has 0 spiro atoms. The lowest BCUT2D eigenvalue weighted by Crippen LogP contribution is -2.22. The molecule has 1 saturated heterocycles. The van der Waals surface area contributed by atoms with E-state index in [1.54, 1.807) is 23.2 Å². The van der Waals surface area contributed by atoms with E-state index >= 15 is 0 Å². The molecule has 0 unspecified atom stereocenters. The minimum absolute atomic E-state index is 0.0936. The first-order valence-electron chi connectivity index (χ1n) is 10.8. The Labute approximate surface area is 194 Å². The van der Waals surface area contributed by atoms with E-state index in [-0.39, 0.29) is 11.6 Å². The number of methoxy groups -OCH3 is 1. The van der Waals surface area contributed by atoms with E-state index in [9.17, 15) is 15.2 Å². The number of aromatic nitrogens is 4. The first-order chi connectivity index (χ1) is 16.4. The van der Waals surface area contributed by atoms with Crippen LogP contribution in [0.4, 0.5) is 23.0 Å². The van der Waals surface area contributed by atoms with Crippen LogP contribution in [0.1, 0.15) is 6.42 Å². The Kier molecular flexibility index (Phi) is 5.46. The number of nitro groups is 1. The monoisotopic (exact) mass is 461 g/mol. The summed E-state index contributed by atoms with van der Waals surface area (Å²) < 4.78 is 7.46. The van der Waals surface area contributed by atoms with Crippen molar-refractivity contribution in [1.29, 1.82) is 0 Å². The van der Waals surface area contributed by atoms with Crippen molar-refractivity contribution in [2.75, 3.05) is 30.4 Å². The van der Waals surface area contributed by atoms with Gasteiger partial charge >= 0.3 is 0 Å². The van der Waals surface area contributed by atoms with Crippen molar-refractivity contribution in [3.63, 3.8) is 0 Å². The number of aryl methyl sites for hydroxylation is 1. The predicted molar refractivity (Wildman–Crippen MR) is 128 cm³/mol. The van der Waals surface area contributed by atoms with Gasteiger partial charge in [0.15, 0.2) is 5.82 Å². The smallest absolute Gasteiger partial charge is 0.294 e. The number of fused-ring (bicyclic) bond motifs is 1. The summed E-state index contributed by atoms with van der Waals surface area (Å²) in [5.41, 5.74) is 3.10. The van der Waals surface area contributed by atoms with Crippen molar-refractivity contribution in [2.45, 2.75) is 12.5 Å². The van der Waals surface area contributed by atoms with E-state index in [4.69, 9.17) is 4.74 Å².